The number of hydrogen-bond donors (Lipinski definition) is 2. The Hall–Kier alpha value is -2.11. The number of nitrogens with one attached hydrogen (secondary N) is 2. The van der Waals surface area contributed by atoms with Crippen LogP contribution in [0, 0.1) is 5.92 Å². The Kier molecular flexibility index (Phi) is 6.58. The van der Waals surface area contributed by atoms with Crippen LogP contribution in [0.25, 0.3) is 0 Å². The number of halogens is 1. The van der Waals surface area contributed by atoms with Crippen LogP contribution in [0.3, 0.4) is 0 Å². The normalized spacial score (nSPS) is 10.3. The first-order valence-electron chi connectivity index (χ1n) is 7.55. The van der Waals surface area contributed by atoms with E-state index in [1.165, 1.54) is 0 Å². The van der Waals surface area contributed by atoms with Crippen molar-refractivity contribution in [1.82, 2.24) is 5.32 Å². The molecule has 0 aromatic heterocycles. The SMILES string of the molecule is CC(C)COc1ccc(C(=O)NC(=S)Nc2ccccc2Cl)cc1. The van der Waals surface area contributed by atoms with Crippen LogP contribution in [0.1, 0.15) is 24.2 Å². The van der Waals surface area contributed by atoms with E-state index >= 15 is 0 Å². The molecular weight excluding hydrogens is 344 g/mol. The van der Waals surface area contributed by atoms with Crippen LogP contribution >= 0.6 is 23.8 Å². The van der Waals surface area contributed by atoms with Crippen molar-refractivity contribution >= 4 is 40.5 Å². The number of benzene rings is 2. The Labute approximate surface area is 152 Å². The van der Waals surface area contributed by atoms with E-state index in [2.05, 4.69) is 24.5 Å². The van der Waals surface area contributed by atoms with Crippen molar-refractivity contribution in [3.63, 3.8) is 0 Å². The van der Waals surface area contributed by atoms with Crippen LogP contribution < -0.4 is 15.4 Å². The molecule has 0 atom stereocenters. The molecule has 6 heteroatoms. The first kappa shape index (κ1) is 18.2. The molecule has 1 amide bonds. The molecule has 4 nitrogen and oxygen atoms in total. The number of rotatable bonds is 5. The molecule has 126 valence electrons. The number of carbonyl (C=O) groups excluding carboxylic acids is 1. The summed E-state index contributed by atoms with van der Waals surface area (Å²) in [6.07, 6.45) is 0. The summed E-state index contributed by atoms with van der Waals surface area (Å²) in [7, 11) is 0. The molecule has 2 rings (SSSR count). The molecule has 0 radical (unpaired) electrons. The van der Waals surface area contributed by atoms with Crippen LogP contribution in [0.5, 0.6) is 5.75 Å². The van der Waals surface area contributed by atoms with Gasteiger partial charge in [0.2, 0.25) is 0 Å². The lowest BCUT2D eigenvalue weighted by molar-refractivity contribution is 0.0977. The highest BCUT2D eigenvalue weighted by Crippen LogP contribution is 2.20. The lowest BCUT2D eigenvalue weighted by atomic mass is 10.2. The highest BCUT2D eigenvalue weighted by atomic mass is 35.5. The Morgan fingerprint density at radius 1 is 1.17 bits per heavy atom. The molecule has 2 aromatic carbocycles. The fourth-order valence-corrected chi connectivity index (χ4v) is 2.24. The van der Waals surface area contributed by atoms with Crippen LogP contribution in [0.2, 0.25) is 5.02 Å². The van der Waals surface area contributed by atoms with Crippen molar-refractivity contribution < 1.29 is 9.53 Å². The Bertz CT molecular complexity index is 717. The highest BCUT2D eigenvalue weighted by Gasteiger charge is 2.09. The van der Waals surface area contributed by atoms with E-state index in [1.54, 1.807) is 36.4 Å². The molecule has 0 unspecified atom stereocenters. The Morgan fingerprint density at radius 2 is 1.83 bits per heavy atom. The minimum absolute atomic E-state index is 0.188. The maximum atomic E-state index is 12.2. The molecule has 0 saturated heterocycles. The lowest BCUT2D eigenvalue weighted by Crippen LogP contribution is -2.34. The number of amides is 1. The molecule has 0 aliphatic heterocycles. The van der Waals surface area contributed by atoms with E-state index in [1.807, 2.05) is 12.1 Å². The topological polar surface area (TPSA) is 50.4 Å². The van der Waals surface area contributed by atoms with E-state index in [0.29, 0.717) is 28.8 Å². The lowest BCUT2D eigenvalue weighted by Gasteiger charge is -2.11. The van der Waals surface area contributed by atoms with Gasteiger partial charge in [0.25, 0.3) is 5.91 Å². The average molecular weight is 363 g/mol. The van der Waals surface area contributed by atoms with Gasteiger partial charge in [-0.25, -0.2) is 0 Å². The number of thiocarbonyl (C=S) groups is 1. The number of anilines is 1. The molecule has 0 heterocycles. The summed E-state index contributed by atoms with van der Waals surface area (Å²) < 4.78 is 5.59. The smallest absolute Gasteiger partial charge is 0.257 e. The maximum absolute atomic E-state index is 12.2. The van der Waals surface area contributed by atoms with Gasteiger partial charge < -0.3 is 10.1 Å². The fourth-order valence-electron chi connectivity index (χ4n) is 1.86. The van der Waals surface area contributed by atoms with Gasteiger partial charge in [-0.15, -0.1) is 0 Å². The first-order valence-corrected chi connectivity index (χ1v) is 8.34. The van der Waals surface area contributed by atoms with Crippen molar-refractivity contribution in [3.05, 3.63) is 59.1 Å². The zero-order valence-electron chi connectivity index (χ0n) is 13.5. The predicted molar refractivity (Wildman–Crippen MR) is 102 cm³/mol. The summed E-state index contributed by atoms with van der Waals surface area (Å²) >= 11 is 11.2. The van der Waals surface area contributed by atoms with Gasteiger partial charge in [-0.3, -0.25) is 10.1 Å². The zero-order chi connectivity index (χ0) is 17.5. The van der Waals surface area contributed by atoms with Crippen LogP contribution in [0.15, 0.2) is 48.5 Å². The highest BCUT2D eigenvalue weighted by molar-refractivity contribution is 7.80. The average Bonchev–Trinajstić information content (AvgIpc) is 2.55. The van der Waals surface area contributed by atoms with Gasteiger partial charge >= 0.3 is 0 Å². The van der Waals surface area contributed by atoms with Gasteiger partial charge in [0.05, 0.1) is 17.3 Å². The largest absolute Gasteiger partial charge is 0.493 e. The van der Waals surface area contributed by atoms with Crippen molar-refractivity contribution in [3.8, 4) is 5.75 Å². The monoisotopic (exact) mass is 362 g/mol. The molecule has 0 spiro atoms. The first-order chi connectivity index (χ1) is 11.5. The van der Waals surface area contributed by atoms with Gasteiger partial charge in [0.1, 0.15) is 5.75 Å². The molecule has 2 N–H and O–H groups in total. The van der Waals surface area contributed by atoms with Crippen molar-refractivity contribution in [2.24, 2.45) is 5.92 Å². The van der Waals surface area contributed by atoms with Crippen LogP contribution in [-0.4, -0.2) is 17.6 Å². The van der Waals surface area contributed by atoms with Gasteiger partial charge in [-0.2, -0.15) is 0 Å². The molecule has 0 bridgehead atoms. The van der Waals surface area contributed by atoms with E-state index in [9.17, 15) is 4.79 Å². The minimum atomic E-state index is -0.296. The second kappa shape index (κ2) is 8.66. The molecule has 0 fully saturated rings. The number of para-hydroxylation sites is 1. The van der Waals surface area contributed by atoms with E-state index in [0.717, 1.165) is 5.75 Å². The second-order valence-corrected chi connectivity index (χ2v) is 6.43. The maximum Gasteiger partial charge on any atom is 0.257 e. The quantitative estimate of drug-likeness (QED) is 0.769. The summed E-state index contributed by atoms with van der Waals surface area (Å²) in [5.41, 5.74) is 1.14. The molecule has 0 saturated carbocycles. The van der Waals surface area contributed by atoms with Crippen molar-refractivity contribution in [1.29, 1.82) is 0 Å². The third-order valence-corrected chi connectivity index (χ3v) is 3.58. The Balaban J connectivity index is 1.92. The zero-order valence-corrected chi connectivity index (χ0v) is 15.1. The predicted octanol–water partition coefficient (Wildman–Crippen LogP) is 4.50. The third kappa shape index (κ3) is 5.51. The summed E-state index contributed by atoms with van der Waals surface area (Å²) in [6, 6.07) is 14.1. The van der Waals surface area contributed by atoms with Gasteiger partial charge in [0, 0.05) is 5.56 Å². The Morgan fingerprint density at radius 3 is 2.46 bits per heavy atom. The summed E-state index contributed by atoms with van der Waals surface area (Å²) in [4.78, 5) is 12.2. The molecule has 2 aromatic rings. The van der Waals surface area contributed by atoms with Crippen LogP contribution in [-0.2, 0) is 0 Å². The van der Waals surface area contributed by atoms with Gasteiger partial charge in [0.15, 0.2) is 5.11 Å². The fraction of sp³-hybridized carbons (Fsp3) is 0.222. The second-order valence-electron chi connectivity index (χ2n) is 5.62. The van der Waals surface area contributed by atoms with Crippen molar-refractivity contribution in [2.75, 3.05) is 11.9 Å². The van der Waals surface area contributed by atoms with E-state index in [4.69, 9.17) is 28.6 Å². The summed E-state index contributed by atoms with van der Waals surface area (Å²) in [5.74, 6) is 0.883. The standard InChI is InChI=1S/C18H19ClN2O2S/c1-12(2)11-23-14-9-7-13(8-10-14)17(22)21-18(24)20-16-6-4-3-5-15(16)19/h3-10,12H,11H2,1-2H3,(H2,20,21,22,24). The summed E-state index contributed by atoms with van der Waals surface area (Å²) in [6.45, 7) is 4.79. The van der Waals surface area contributed by atoms with Crippen LogP contribution in [0.4, 0.5) is 5.69 Å². The third-order valence-electron chi connectivity index (χ3n) is 3.05. The number of carbonyl (C=O) groups is 1. The molecular formula is C18H19ClN2O2S. The van der Waals surface area contributed by atoms with Gasteiger partial charge in [-0.1, -0.05) is 37.6 Å². The number of hydrogen-bond acceptors (Lipinski definition) is 3. The van der Waals surface area contributed by atoms with E-state index < -0.39 is 0 Å². The number of ether oxygens (including phenoxy) is 1. The van der Waals surface area contributed by atoms with Crippen molar-refractivity contribution in [2.45, 2.75) is 13.8 Å². The molecule has 0 aliphatic rings. The van der Waals surface area contributed by atoms with E-state index in [-0.39, 0.29) is 11.0 Å². The molecule has 24 heavy (non-hydrogen) atoms. The minimum Gasteiger partial charge on any atom is -0.493 e. The summed E-state index contributed by atoms with van der Waals surface area (Å²) in [5, 5.41) is 6.24. The molecule has 0 aliphatic carbocycles. The van der Waals surface area contributed by atoms with Gasteiger partial charge in [-0.05, 0) is 54.5 Å².